The summed E-state index contributed by atoms with van der Waals surface area (Å²) >= 11 is 0. The molecule has 1 aliphatic rings. The van der Waals surface area contributed by atoms with Crippen LogP contribution >= 0.6 is 0 Å². The SMILES string of the molecule is Cc1ccc(C2COCCN2C(=O)c2nn(CC(C)C)c(=O)c3ccccc23)o1. The van der Waals surface area contributed by atoms with Gasteiger partial charge in [-0.15, -0.1) is 0 Å². The lowest BCUT2D eigenvalue weighted by molar-refractivity contribution is -0.00925. The highest BCUT2D eigenvalue weighted by molar-refractivity contribution is 6.04. The Balaban J connectivity index is 1.81. The maximum atomic E-state index is 13.6. The van der Waals surface area contributed by atoms with Gasteiger partial charge in [0.15, 0.2) is 5.69 Å². The first kappa shape index (κ1) is 19.4. The predicted molar refractivity (Wildman–Crippen MR) is 109 cm³/mol. The number of amides is 1. The molecule has 3 heterocycles. The van der Waals surface area contributed by atoms with Crippen molar-refractivity contribution in [3.8, 4) is 0 Å². The number of fused-ring (bicyclic) bond motifs is 1. The minimum absolute atomic E-state index is 0.175. The molecule has 0 bridgehead atoms. The van der Waals surface area contributed by atoms with Crippen LogP contribution in [0.3, 0.4) is 0 Å². The van der Waals surface area contributed by atoms with Crippen molar-refractivity contribution in [2.75, 3.05) is 19.8 Å². The smallest absolute Gasteiger partial charge is 0.275 e. The van der Waals surface area contributed by atoms with Gasteiger partial charge in [-0.25, -0.2) is 4.68 Å². The molecular weight excluding hydrogens is 370 g/mol. The molecule has 1 aromatic carbocycles. The van der Waals surface area contributed by atoms with Gasteiger partial charge < -0.3 is 14.1 Å². The molecule has 0 saturated carbocycles. The van der Waals surface area contributed by atoms with E-state index in [2.05, 4.69) is 5.10 Å². The Morgan fingerprint density at radius 3 is 2.66 bits per heavy atom. The maximum Gasteiger partial charge on any atom is 0.275 e. The lowest BCUT2D eigenvalue weighted by Gasteiger charge is -2.34. The van der Waals surface area contributed by atoms with Crippen LogP contribution in [0.25, 0.3) is 10.8 Å². The fourth-order valence-electron chi connectivity index (χ4n) is 3.71. The minimum atomic E-state index is -0.323. The average Bonchev–Trinajstić information content (AvgIpc) is 3.15. The van der Waals surface area contributed by atoms with Crippen LogP contribution in [0.4, 0.5) is 0 Å². The molecule has 7 nitrogen and oxygen atoms in total. The van der Waals surface area contributed by atoms with Gasteiger partial charge in [0.2, 0.25) is 0 Å². The zero-order valence-corrected chi connectivity index (χ0v) is 16.9. The summed E-state index contributed by atoms with van der Waals surface area (Å²) < 4.78 is 12.8. The molecule has 1 saturated heterocycles. The maximum absolute atomic E-state index is 13.6. The molecule has 2 aromatic heterocycles. The minimum Gasteiger partial charge on any atom is -0.464 e. The molecule has 1 fully saturated rings. The number of carbonyl (C=O) groups excluding carboxylic acids is 1. The summed E-state index contributed by atoms with van der Waals surface area (Å²) in [5, 5.41) is 5.57. The number of hydrogen-bond acceptors (Lipinski definition) is 5. The third-order valence-electron chi connectivity index (χ3n) is 5.09. The van der Waals surface area contributed by atoms with Crippen molar-refractivity contribution >= 4 is 16.7 Å². The molecule has 1 amide bonds. The van der Waals surface area contributed by atoms with Gasteiger partial charge in [-0.3, -0.25) is 9.59 Å². The Kier molecular flexibility index (Phi) is 5.24. The number of carbonyl (C=O) groups is 1. The Labute approximate surface area is 168 Å². The number of morpholine rings is 1. The Hall–Kier alpha value is -2.93. The summed E-state index contributed by atoms with van der Waals surface area (Å²) in [4.78, 5) is 28.2. The van der Waals surface area contributed by atoms with Gasteiger partial charge in [0, 0.05) is 18.5 Å². The molecule has 152 valence electrons. The number of rotatable bonds is 4. The topological polar surface area (TPSA) is 77.6 Å². The summed E-state index contributed by atoms with van der Waals surface area (Å²) in [6, 6.07) is 10.6. The van der Waals surface area contributed by atoms with Crippen LogP contribution in [0, 0.1) is 12.8 Å². The normalized spacial score (nSPS) is 17.2. The van der Waals surface area contributed by atoms with Gasteiger partial charge in [-0.1, -0.05) is 32.0 Å². The highest BCUT2D eigenvalue weighted by atomic mass is 16.5. The van der Waals surface area contributed by atoms with E-state index in [-0.39, 0.29) is 29.1 Å². The van der Waals surface area contributed by atoms with E-state index in [1.165, 1.54) is 4.68 Å². The van der Waals surface area contributed by atoms with Crippen LogP contribution < -0.4 is 5.56 Å². The average molecular weight is 395 g/mol. The lowest BCUT2D eigenvalue weighted by atomic mass is 10.1. The Bertz CT molecular complexity index is 1100. The quantitative estimate of drug-likeness (QED) is 0.678. The van der Waals surface area contributed by atoms with Crippen molar-refractivity contribution in [2.24, 2.45) is 5.92 Å². The van der Waals surface area contributed by atoms with Crippen LogP contribution in [0.2, 0.25) is 0 Å². The number of aromatic nitrogens is 2. The molecule has 29 heavy (non-hydrogen) atoms. The first-order valence-electron chi connectivity index (χ1n) is 9.90. The first-order valence-corrected chi connectivity index (χ1v) is 9.90. The van der Waals surface area contributed by atoms with Crippen molar-refractivity contribution in [3.05, 3.63) is 64.0 Å². The molecular formula is C22H25N3O4. The lowest BCUT2D eigenvalue weighted by Crippen LogP contribution is -2.44. The van der Waals surface area contributed by atoms with Crippen LogP contribution in [-0.4, -0.2) is 40.3 Å². The molecule has 1 aliphatic heterocycles. The predicted octanol–water partition coefficient (Wildman–Crippen LogP) is 3.17. The van der Waals surface area contributed by atoms with E-state index in [1.807, 2.05) is 39.0 Å². The highest BCUT2D eigenvalue weighted by Crippen LogP contribution is 2.28. The Morgan fingerprint density at radius 1 is 1.21 bits per heavy atom. The summed E-state index contributed by atoms with van der Waals surface area (Å²) in [5.74, 6) is 1.48. The van der Waals surface area contributed by atoms with E-state index in [4.69, 9.17) is 9.15 Å². The van der Waals surface area contributed by atoms with Crippen LogP contribution in [0.5, 0.6) is 0 Å². The number of benzene rings is 1. The van der Waals surface area contributed by atoms with E-state index in [0.29, 0.717) is 42.8 Å². The number of ether oxygens (including phenoxy) is 1. The van der Waals surface area contributed by atoms with Gasteiger partial charge in [0.25, 0.3) is 11.5 Å². The zero-order valence-electron chi connectivity index (χ0n) is 16.9. The number of furan rings is 1. The summed E-state index contributed by atoms with van der Waals surface area (Å²) in [5.41, 5.74) is 0.113. The Morgan fingerprint density at radius 2 is 1.97 bits per heavy atom. The van der Waals surface area contributed by atoms with Crippen molar-refractivity contribution in [1.82, 2.24) is 14.7 Å². The molecule has 7 heteroatoms. The number of nitrogens with zero attached hydrogens (tertiary/aromatic N) is 3. The van der Waals surface area contributed by atoms with Gasteiger partial charge in [-0.2, -0.15) is 5.10 Å². The molecule has 0 N–H and O–H groups in total. The van der Waals surface area contributed by atoms with Gasteiger partial charge in [0.1, 0.15) is 17.6 Å². The fourth-order valence-corrected chi connectivity index (χ4v) is 3.71. The van der Waals surface area contributed by atoms with Crippen LogP contribution in [-0.2, 0) is 11.3 Å². The number of hydrogen-bond donors (Lipinski definition) is 0. The molecule has 1 atom stereocenters. The monoisotopic (exact) mass is 395 g/mol. The van der Waals surface area contributed by atoms with Crippen molar-refractivity contribution in [1.29, 1.82) is 0 Å². The third-order valence-corrected chi connectivity index (χ3v) is 5.09. The van der Waals surface area contributed by atoms with E-state index < -0.39 is 0 Å². The molecule has 0 aliphatic carbocycles. The second-order valence-electron chi connectivity index (χ2n) is 7.81. The number of aryl methyl sites for hydroxylation is 1. The summed E-state index contributed by atoms with van der Waals surface area (Å²) in [6.45, 7) is 7.60. The van der Waals surface area contributed by atoms with E-state index >= 15 is 0 Å². The first-order chi connectivity index (χ1) is 14.0. The van der Waals surface area contributed by atoms with Crippen LogP contribution in [0.15, 0.2) is 45.6 Å². The second-order valence-corrected chi connectivity index (χ2v) is 7.81. The third kappa shape index (κ3) is 3.70. The van der Waals surface area contributed by atoms with Gasteiger partial charge in [0.05, 0.1) is 18.6 Å². The summed E-state index contributed by atoms with van der Waals surface area (Å²) in [6.07, 6.45) is 0. The van der Waals surface area contributed by atoms with Crippen LogP contribution in [0.1, 0.15) is 41.9 Å². The van der Waals surface area contributed by atoms with E-state index in [0.717, 1.165) is 5.76 Å². The zero-order chi connectivity index (χ0) is 20.5. The van der Waals surface area contributed by atoms with Crippen molar-refractivity contribution < 1.29 is 13.9 Å². The van der Waals surface area contributed by atoms with Gasteiger partial charge >= 0.3 is 0 Å². The van der Waals surface area contributed by atoms with E-state index in [9.17, 15) is 9.59 Å². The molecule has 0 radical (unpaired) electrons. The molecule has 0 spiro atoms. The fraction of sp³-hybridized carbons (Fsp3) is 0.409. The van der Waals surface area contributed by atoms with Gasteiger partial charge in [-0.05, 0) is 31.0 Å². The molecule has 3 aromatic rings. The largest absolute Gasteiger partial charge is 0.464 e. The second kappa shape index (κ2) is 7.83. The molecule has 1 unspecified atom stereocenters. The van der Waals surface area contributed by atoms with E-state index in [1.54, 1.807) is 23.1 Å². The summed E-state index contributed by atoms with van der Waals surface area (Å²) in [7, 11) is 0. The van der Waals surface area contributed by atoms with Crippen molar-refractivity contribution in [2.45, 2.75) is 33.4 Å². The standard InChI is InChI=1S/C22H25N3O4/c1-14(2)12-25-21(26)17-7-5-4-6-16(17)20(23-25)22(27)24-10-11-28-13-18(24)19-9-8-15(3)29-19/h4-9,14,18H,10-13H2,1-3H3. The molecule has 4 rings (SSSR count). The highest BCUT2D eigenvalue weighted by Gasteiger charge is 2.33. The van der Waals surface area contributed by atoms with Crippen molar-refractivity contribution in [3.63, 3.8) is 0 Å².